The number of carbonyl (C=O) groups is 1. The Labute approximate surface area is 138 Å². The quantitative estimate of drug-likeness (QED) is 0.921. The summed E-state index contributed by atoms with van der Waals surface area (Å²) in [6.45, 7) is 6.88. The zero-order chi connectivity index (χ0) is 15.6. The van der Waals surface area contributed by atoms with Gasteiger partial charge in [0, 0.05) is 18.5 Å². The number of carbonyl (C=O) groups excluding carboxylic acids is 1. The van der Waals surface area contributed by atoms with Gasteiger partial charge in [-0.3, -0.25) is 4.79 Å². The average molecular weight is 329 g/mol. The first kappa shape index (κ1) is 18.9. The van der Waals surface area contributed by atoms with E-state index in [1.54, 1.807) is 0 Å². The Kier molecular flexibility index (Phi) is 6.82. The predicted octanol–water partition coefficient (Wildman–Crippen LogP) is 3.33. The molecule has 1 aromatic carbocycles. The molecular weight excluding hydrogens is 303 g/mol. The van der Waals surface area contributed by atoms with Crippen molar-refractivity contribution in [3.63, 3.8) is 0 Å². The molecule has 2 unspecified atom stereocenters. The smallest absolute Gasteiger partial charge is 0.239 e. The molecule has 2 N–H and O–H groups in total. The van der Waals surface area contributed by atoms with Gasteiger partial charge in [0.05, 0.1) is 6.04 Å². The molecule has 1 heterocycles. The van der Waals surface area contributed by atoms with Crippen molar-refractivity contribution in [3.05, 3.63) is 35.6 Å². The number of rotatable bonds is 4. The van der Waals surface area contributed by atoms with Crippen LogP contribution in [0.1, 0.15) is 45.1 Å². The summed E-state index contributed by atoms with van der Waals surface area (Å²) in [5.74, 6) is 0.503. The van der Waals surface area contributed by atoms with Crippen molar-refractivity contribution in [2.24, 2.45) is 11.7 Å². The number of hydrogen-bond donors (Lipinski definition) is 1. The number of benzene rings is 1. The Bertz CT molecular complexity index is 492. The van der Waals surface area contributed by atoms with Crippen LogP contribution >= 0.6 is 12.4 Å². The highest BCUT2D eigenvalue weighted by Crippen LogP contribution is 2.32. The van der Waals surface area contributed by atoms with Crippen molar-refractivity contribution >= 4 is 18.3 Å². The van der Waals surface area contributed by atoms with Crippen molar-refractivity contribution in [1.82, 2.24) is 4.90 Å². The first-order chi connectivity index (χ1) is 9.88. The van der Waals surface area contributed by atoms with Gasteiger partial charge in [-0.1, -0.05) is 26.0 Å². The Balaban J connectivity index is 0.00000242. The lowest BCUT2D eigenvalue weighted by molar-refractivity contribution is -0.133. The van der Waals surface area contributed by atoms with Crippen LogP contribution in [0.25, 0.3) is 0 Å². The third-order valence-electron chi connectivity index (χ3n) is 4.24. The Morgan fingerprint density at radius 3 is 2.50 bits per heavy atom. The van der Waals surface area contributed by atoms with Gasteiger partial charge < -0.3 is 10.6 Å². The molecule has 0 aliphatic carbocycles. The van der Waals surface area contributed by atoms with Gasteiger partial charge in [-0.15, -0.1) is 12.4 Å². The van der Waals surface area contributed by atoms with Crippen molar-refractivity contribution < 1.29 is 9.18 Å². The molecule has 3 atom stereocenters. The topological polar surface area (TPSA) is 46.3 Å². The van der Waals surface area contributed by atoms with Crippen molar-refractivity contribution in [2.45, 2.75) is 51.6 Å². The fourth-order valence-electron chi connectivity index (χ4n) is 3.14. The van der Waals surface area contributed by atoms with Gasteiger partial charge in [-0.05, 0) is 43.4 Å². The minimum Gasteiger partial charge on any atom is -0.338 e. The lowest BCUT2D eigenvalue weighted by atomic mass is 9.97. The highest BCUT2D eigenvalue weighted by Gasteiger charge is 2.35. The summed E-state index contributed by atoms with van der Waals surface area (Å²) < 4.78 is 13.0. The molecule has 5 heteroatoms. The van der Waals surface area contributed by atoms with Crippen LogP contribution in [0.4, 0.5) is 4.39 Å². The van der Waals surface area contributed by atoms with Gasteiger partial charge in [0.15, 0.2) is 0 Å². The molecule has 1 aliphatic rings. The molecule has 1 amide bonds. The summed E-state index contributed by atoms with van der Waals surface area (Å²) in [6.07, 6.45) is 1.62. The van der Waals surface area contributed by atoms with E-state index in [1.165, 1.54) is 12.1 Å². The molecule has 0 radical (unpaired) electrons. The van der Waals surface area contributed by atoms with Gasteiger partial charge in [0.25, 0.3) is 0 Å². The molecule has 124 valence electrons. The molecular formula is C17H26ClFN2O. The molecule has 0 bridgehead atoms. The van der Waals surface area contributed by atoms with Gasteiger partial charge in [-0.25, -0.2) is 4.39 Å². The third kappa shape index (κ3) is 4.43. The first-order valence-corrected chi connectivity index (χ1v) is 7.70. The summed E-state index contributed by atoms with van der Waals surface area (Å²) in [5, 5.41) is 0. The molecule has 1 saturated heterocycles. The van der Waals surface area contributed by atoms with E-state index in [4.69, 9.17) is 5.73 Å². The van der Waals surface area contributed by atoms with Crippen LogP contribution in [0.15, 0.2) is 24.3 Å². The maximum absolute atomic E-state index is 13.0. The summed E-state index contributed by atoms with van der Waals surface area (Å²) in [6, 6.07) is 6.36. The summed E-state index contributed by atoms with van der Waals surface area (Å²) in [5.41, 5.74) is 7.12. The molecule has 0 saturated carbocycles. The van der Waals surface area contributed by atoms with Crippen molar-refractivity contribution in [2.75, 3.05) is 6.54 Å². The summed E-state index contributed by atoms with van der Waals surface area (Å²) in [7, 11) is 0. The number of nitrogens with two attached hydrogens (primary N) is 1. The predicted molar refractivity (Wildman–Crippen MR) is 89.6 cm³/mol. The second-order valence-electron chi connectivity index (χ2n) is 6.56. The molecule has 3 nitrogen and oxygen atoms in total. The van der Waals surface area contributed by atoms with Crippen LogP contribution in [-0.4, -0.2) is 29.4 Å². The normalized spacial score (nSPS) is 22.5. The fraction of sp³-hybridized carbons (Fsp3) is 0.588. The fourth-order valence-corrected chi connectivity index (χ4v) is 3.14. The van der Waals surface area contributed by atoms with Crippen LogP contribution in [0, 0.1) is 11.7 Å². The molecule has 1 aromatic rings. The largest absolute Gasteiger partial charge is 0.338 e. The second-order valence-corrected chi connectivity index (χ2v) is 6.56. The van der Waals surface area contributed by atoms with Crippen LogP contribution in [0.3, 0.4) is 0 Å². The molecule has 1 aliphatic heterocycles. The minimum atomic E-state index is -0.417. The second kappa shape index (κ2) is 7.93. The van der Waals surface area contributed by atoms with Crippen LogP contribution in [0.2, 0.25) is 0 Å². The molecule has 0 spiro atoms. The van der Waals surface area contributed by atoms with E-state index >= 15 is 0 Å². The maximum Gasteiger partial charge on any atom is 0.239 e. The van der Waals surface area contributed by atoms with E-state index in [1.807, 2.05) is 17.0 Å². The Morgan fingerprint density at radius 1 is 1.36 bits per heavy atom. The summed E-state index contributed by atoms with van der Waals surface area (Å²) in [4.78, 5) is 14.4. The van der Waals surface area contributed by atoms with E-state index in [-0.39, 0.29) is 36.1 Å². The monoisotopic (exact) mass is 328 g/mol. The number of hydrogen-bond acceptors (Lipinski definition) is 2. The highest BCUT2D eigenvalue weighted by atomic mass is 35.5. The van der Waals surface area contributed by atoms with Gasteiger partial charge in [-0.2, -0.15) is 0 Å². The lowest BCUT2D eigenvalue weighted by Crippen LogP contribution is -2.45. The van der Waals surface area contributed by atoms with Crippen LogP contribution in [0.5, 0.6) is 0 Å². The molecule has 0 aromatic heterocycles. The highest BCUT2D eigenvalue weighted by molar-refractivity contribution is 5.85. The molecule has 22 heavy (non-hydrogen) atoms. The maximum atomic E-state index is 13.0. The van der Waals surface area contributed by atoms with E-state index in [9.17, 15) is 9.18 Å². The van der Waals surface area contributed by atoms with Gasteiger partial charge in [0.1, 0.15) is 5.82 Å². The number of nitrogens with zero attached hydrogens (tertiary/aromatic N) is 1. The average Bonchev–Trinajstić information content (AvgIpc) is 2.80. The number of amides is 1. The zero-order valence-corrected chi connectivity index (χ0v) is 14.3. The summed E-state index contributed by atoms with van der Waals surface area (Å²) >= 11 is 0. The SMILES string of the molecule is CC(C)C[C@H](N)C(=O)N1CC(c2ccc(F)cc2)CC1C.Cl. The number of likely N-dealkylation sites (tertiary alicyclic amines) is 1. The molecule has 1 fully saturated rings. The number of halogens is 2. The first-order valence-electron chi connectivity index (χ1n) is 7.70. The van der Waals surface area contributed by atoms with E-state index in [0.717, 1.165) is 12.0 Å². The van der Waals surface area contributed by atoms with Crippen molar-refractivity contribution in [3.8, 4) is 0 Å². The zero-order valence-electron chi connectivity index (χ0n) is 13.5. The van der Waals surface area contributed by atoms with E-state index in [2.05, 4.69) is 20.8 Å². The lowest BCUT2D eigenvalue weighted by Gasteiger charge is -2.25. The van der Waals surface area contributed by atoms with Gasteiger partial charge in [0.2, 0.25) is 5.91 Å². The Hall–Kier alpha value is -1.13. The minimum absolute atomic E-state index is 0. The third-order valence-corrected chi connectivity index (χ3v) is 4.24. The van der Waals surface area contributed by atoms with Crippen LogP contribution < -0.4 is 5.73 Å². The van der Waals surface area contributed by atoms with Crippen LogP contribution in [-0.2, 0) is 4.79 Å². The Morgan fingerprint density at radius 2 is 1.95 bits per heavy atom. The molecule has 2 rings (SSSR count). The van der Waals surface area contributed by atoms with Crippen molar-refractivity contribution in [1.29, 1.82) is 0 Å². The van der Waals surface area contributed by atoms with E-state index < -0.39 is 6.04 Å². The van der Waals surface area contributed by atoms with E-state index in [0.29, 0.717) is 18.9 Å². The van der Waals surface area contributed by atoms with Gasteiger partial charge >= 0.3 is 0 Å². The standard InChI is InChI=1S/C17H25FN2O.ClH/c1-11(2)8-16(19)17(21)20-10-14(9-12(20)3)13-4-6-15(18)7-5-13;/h4-7,11-12,14,16H,8-10,19H2,1-3H3;1H/t12?,14?,16-;/m0./s1.